The van der Waals surface area contributed by atoms with Gasteiger partial charge in [-0.15, -0.1) is 0 Å². The standard InChI is InChI=1S/C16H24N2O/c1-19-12-8-5-11(6-9-12)7-10-15(18-17)16-13-3-2-4-14(13)16/h5-6,8-9,13-16,18H,2-4,7,10,17H2,1H3. The number of ether oxygens (including phenoxy) is 1. The smallest absolute Gasteiger partial charge is 0.118 e. The van der Waals surface area contributed by atoms with Gasteiger partial charge in [0.05, 0.1) is 7.11 Å². The molecule has 0 radical (unpaired) electrons. The van der Waals surface area contributed by atoms with Crippen molar-refractivity contribution in [2.75, 3.05) is 7.11 Å². The summed E-state index contributed by atoms with van der Waals surface area (Å²) in [7, 11) is 1.70. The summed E-state index contributed by atoms with van der Waals surface area (Å²) in [6.07, 6.45) is 6.52. The number of fused-ring (bicyclic) bond motifs is 1. The molecule has 2 fully saturated rings. The van der Waals surface area contributed by atoms with Gasteiger partial charge in [0.2, 0.25) is 0 Å². The number of aryl methyl sites for hydroxylation is 1. The van der Waals surface area contributed by atoms with Crippen LogP contribution in [0, 0.1) is 17.8 Å². The lowest BCUT2D eigenvalue weighted by Gasteiger charge is -2.17. The molecule has 0 amide bonds. The van der Waals surface area contributed by atoms with Crippen molar-refractivity contribution in [3.05, 3.63) is 29.8 Å². The van der Waals surface area contributed by atoms with E-state index < -0.39 is 0 Å². The number of nitrogens with one attached hydrogen (secondary N) is 1. The van der Waals surface area contributed by atoms with E-state index in [0.717, 1.165) is 36.3 Å². The molecule has 3 N–H and O–H groups in total. The molecule has 0 aromatic heterocycles. The van der Waals surface area contributed by atoms with Crippen molar-refractivity contribution in [3.63, 3.8) is 0 Å². The Kier molecular flexibility index (Phi) is 3.76. The fraction of sp³-hybridized carbons (Fsp3) is 0.625. The summed E-state index contributed by atoms with van der Waals surface area (Å²) in [6.45, 7) is 0. The highest BCUT2D eigenvalue weighted by atomic mass is 16.5. The van der Waals surface area contributed by atoms with Gasteiger partial charge < -0.3 is 4.74 Å². The molecule has 0 spiro atoms. The van der Waals surface area contributed by atoms with E-state index in [2.05, 4.69) is 17.6 Å². The second kappa shape index (κ2) is 5.51. The van der Waals surface area contributed by atoms with E-state index >= 15 is 0 Å². The first-order valence-electron chi connectivity index (χ1n) is 7.42. The van der Waals surface area contributed by atoms with Gasteiger partial charge >= 0.3 is 0 Å². The molecule has 3 unspecified atom stereocenters. The first kappa shape index (κ1) is 12.9. The van der Waals surface area contributed by atoms with Crippen LogP contribution in [0.15, 0.2) is 24.3 Å². The van der Waals surface area contributed by atoms with Crippen LogP contribution >= 0.6 is 0 Å². The molecule has 3 atom stereocenters. The number of hydrogen-bond acceptors (Lipinski definition) is 3. The fourth-order valence-electron chi connectivity index (χ4n) is 3.97. The zero-order valence-electron chi connectivity index (χ0n) is 11.6. The first-order valence-corrected chi connectivity index (χ1v) is 7.42. The zero-order valence-corrected chi connectivity index (χ0v) is 11.6. The molecule has 3 heteroatoms. The maximum atomic E-state index is 5.76. The maximum absolute atomic E-state index is 5.76. The molecule has 0 bridgehead atoms. The molecule has 1 aromatic carbocycles. The SMILES string of the molecule is COc1ccc(CCC(NN)C2C3CCCC32)cc1. The van der Waals surface area contributed by atoms with Crippen LogP contribution in [0.4, 0.5) is 0 Å². The normalized spacial score (nSPS) is 29.9. The Morgan fingerprint density at radius 3 is 2.53 bits per heavy atom. The number of hydrazine groups is 1. The van der Waals surface area contributed by atoms with Crippen LogP contribution in [-0.2, 0) is 6.42 Å². The minimum Gasteiger partial charge on any atom is -0.497 e. The second-order valence-corrected chi connectivity index (χ2v) is 6.00. The van der Waals surface area contributed by atoms with E-state index in [1.165, 1.54) is 24.8 Å². The third-order valence-corrected chi connectivity index (χ3v) is 5.05. The highest BCUT2D eigenvalue weighted by molar-refractivity contribution is 5.27. The minimum absolute atomic E-state index is 0.498. The summed E-state index contributed by atoms with van der Waals surface area (Å²) in [6, 6.07) is 8.87. The van der Waals surface area contributed by atoms with E-state index in [0.29, 0.717) is 6.04 Å². The third-order valence-electron chi connectivity index (χ3n) is 5.05. The highest BCUT2D eigenvalue weighted by Crippen LogP contribution is 2.59. The summed E-state index contributed by atoms with van der Waals surface area (Å²) in [5.74, 6) is 9.46. The van der Waals surface area contributed by atoms with Crippen LogP contribution in [0.2, 0.25) is 0 Å². The van der Waals surface area contributed by atoms with Crippen molar-refractivity contribution in [1.82, 2.24) is 5.43 Å². The summed E-state index contributed by atoms with van der Waals surface area (Å²) in [4.78, 5) is 0. The molecule has 2 aliphatic rings. The van der Waals surface area contributed by atoms with Crippen LogP contribution in [0.3, 0.4) is 0 Å². The van der Waals surface area contributed by atoms with E-state index in [-0.39, 0.29) is 0 Å². The van der Waals surface area contributed by atoms with Gasteiger partial charge in [-0.3, -0.25) is 11.3 Å². The molecule has 104 valence electrons. The van der Waals surface area contributed by atoms with Gasteiger partial charge in [-0.2, -0.15) is 0 Å². The lowest BCUT2D eigenvalue weighted by atomic mass is 9.98. The predicted octanol–water partition coefficient (Wildman–Crippen LogP) is 2.51. The van der Waals surface area contributed by atoms with Crippen molar-refractivity contribution in [1.29, 1.82) is 0 Å². The number of methoxy groups -OCH3 is 1. The van der Waals surface area contributed by atoms with Crippen LogP contribution in [0.25, 0.3) is 0 Å². The molecule has 3 rings (SSSR count). The lowest BCUT2D eigenvalue weighted by Crippen LogP contribution is -2.38. The predicted molar refractivity (Wildman–Crippen MR) is 76.7 cm³/mol. The molecule has 19 heavy (non-hydrogen) atoms. The van der Waals surface area contributed by atoms with Crippen LogP contribution in [0.1, 0.15) is 31.2 Å². The van der Waals surface area contributed by atoms with E-state index in [1.54, 1.807) is 7.11 Å². The molecule has 0 aliphatic heterocycles. The summed E-state index contributed by atoms with van der Waals surface area (Å²) >= 11 is 0. The Morgan fingerprint density at radius 2 is 1.95 bits per heavy atom. The highest BCUT2D eigenvalue weighted by Gasteiger charge is 2.55. The van der Waals surface area contributed by atoms with Crippen molar-refractivity contribution in [2.24, 2.45) is 23.6 Å². The fourth-order valence-corrected chi connectivity index (χ4v) is 3.97. The number of rotatable bonds is 6. The van der Waals surface area contributed by atoms with Crippen molar-refractivity contribution < 1.29 is 4.74 Å². The second-order valence-electron chi connectivity index (χ2n) is 6.00. The van der Waals surface area contributed by atoms with Crippen LogP contribution in [-0.4, -0.2) is 13.2 Å². The summed E-state index contributed by atoms with van der Waals surface area (Å²) in [5.41, 5.74) is 4.43. The average Bonchev–Trinajstić information content (AvgIpc) is 2.93. The Morgan fingerprint density at radius 1 is 1.26 bits per heavy atom. The lowest BCUT2D eigenvalue weighted by molar-refractivity contribution is 0.391. The van der Waals surface area contributed by atoms with Crippen LogP contribution < -0.4 is 16.0 Å². The van der Waals surface area contributed by atoms with Crippen molar-refractivity contribution in [2.45, 2.75) is 38.1 Å². The van der Waals surface area contributed by atoms with Gasteiger partial charge in [0.25, 0.3) is 0 Å². The average molecular weight is 260 g/mol. The maximum Gasteiger partial charge on any atom is 0.118 e. The molecular formula is C16H24N2O. The quantitative estimate of drug-likeness (QED) is 0.610. The molecule has 0 saturated heterocycles. The van der Waals surface area contributed by atoms with Crippen LogP contribution in [0.5, 0.6) is 5.75 Å². The molecule has 0 heterocycles. The number of hydrogen-bond donors (Lipinski definition) is 2. The van der Waals surface area contributed by atoms with Crippen molar-refractivity contribution >= 4 is 0 Å². The van der Waals surface area contributed by atoms with Gasteiger partial charge in [-0.25, -0.2) is 0 Å². The van der Waals surface area contributed by atoms with Gasteiger partial charge in [0.15, 0.2) is 0 Å². The van der Waals surface area contributed by atoms with Gasteiger partial charge in [-0.05, 0) is 61.1 Å². The minimum atomic E-state index is 0.498. The van der Waals surface area contributed by atoms with E-state index in [9.17, 15) is 0 Å². The Bertz CT molecular complexity index is 407. The zero-order chi connectivity index (χ0) is 13.2. The Labute approximate surface area is 115 Å². The molecule has 2 saturated carbocycles. The van der Waals surface area contributed by atoms with E-state index in [1.807, 2.05) is 12.1 Å². The largest absolute Gasteiger partial charge is 0.497 e. The topological polar surface area (TPSA) is 47.3 Å². The first-order chi connectivity index (χ1) is 9.33. The Hall–Kier alpha value is -1.06. The van der Waals surface area contributed by atoms with E-state index in [4.69, 9.17) is 10.6 Å². The summed E-state index contributed by atoms with van der Waals surface area (Å²) in [5, 5.41) is 0. The van der Waals surface area contributed by atoms with Gasteiger partial charge in [0.1, 0.15) is 5.75 Å². The Balaban J connectivity index is 1.52. The number of benzene rings is 1. The molecule has 3 nitrogen and oxygen atoms in total. The number of nitrogens with two attached hydrogens (primary N) is 1. The molecule has 2 aliphatic carbocycles. The van der Waals surface area contributed by atoms with Gasteiger partial charge in [0, 0.05) is 6.04 Å². The van der Waals surface area contributed by atoms with Crippen molar-refractivity contribution in [3.8, 4) is 5.75 Å². The van der Waals surface area contributed by atoms with Gasteiger partial charge in [-0.1, -0.05) is 18.6 Å². The monoisotopic (exact) mass is 260 g/mol. The molecule has 1 aromatic rings. The summed E-state index contributed by atoms with van der Waals surface area (Å²) < 4.78 is 5.18. The molecular weight excluding hydrogens is 236 g/mol. The third kappa shape index (κ3) is 2.63.